The lowest BCUT2D eigenvalue weighted by Gasteiger charge is -2.50. The van der Waals surface area contributed by atoms with Crippen molar-refractivity contribution < 1.29 is 9.59 Å². The number of amides is 2. The summed E-state index contributed by atoms with van der Waals surface area (Å²) in [5.74, 6) is 0.231. The van der Waals surface area contributed by atoms with Gasteiger partial charge in [0.15, 0.2) is 0 Å². The highest BCUT2D eigenvalue weighted by Crippen LogP contribution is 2.42. The van der Waals surface area contributed by atoms with Crippen LogP contribution in [0.1, 0.15) is 43.1 Å². The number of hydrogen-bond donors (Lipinski definition) is 1. The Hall–Kier alpha value is -2.64. The number of nitrogens with one attached hydrogen (secondary N) is 1. The SMILES string of the molecule is CCC(=O)N1CCc2[nH]cnc2C12CCN(C(=O)Cn1cc(C)cn1)CC2. The van der Waals surface area contributed by atoms with Crippen molar-refractivity contribution >= 4 is 11.8 Å². The molecule has 0 bridgehead atoms. The monoisotopic (exact) mass is 370 g/mol. The van der Waals surface area contributed by atoms with Gasteiger partial charge in [-0.3, -0.25) is 14.3 Å². The number of fused-ring (bicyclic) bond motifs is 2. The molecule has 2 aromatic heterocycles. The number of likely N-dealkylation sites (tertiary alicyclic amines) is 1. The minimum Gasteiger partial charge on any atom is -0.348 e. The van der Waals surface area contributed by atoms with Gasteiger partial charge in [-0.25, -0.2) is 4.98 Å². The molecule has 0 unspecified atom stereocenters. The van der Waals surface area contributed by atoms with Crippen LogP contribution in [0, 0.1) is 6.92 Å². The Kier molecular flexibility index (Phi) is 4.49. The Bertz CT molecular complexity index is 846. The van der Waals surface area contributed by atoms with Gasteiger partial charge in [-0.05, 0) is 25.3 Å². The second kappa shape index (κ2) is 6.83. The van der Waals surface area contributed by atoms with Crippen molar-refractivity contribution in [2.45, 2.75) is 51.6 Å². The summed E-state index contributed by atoms with van der Waals surface area (Å²) in [5.41, 5.74) is 2.77. The van der Waals surface area contributed by atoms with E-state index < -0.39 is 0 Å². The molecule has 4 rings (SSSR count). The lowest BCUT2D eigenvalue weighted by molar-refractivity contribution is -0.144. The number of carbonyl (C=O) groups excluding carboxylic acids is 2. The van der Waals surface area contributed by atoms with Gasteiger partial charge in [0.1, 0.15) is 6.54 Å². The standard InChI is InChI=1S/C19H26N6O2/c1-3-16(26)25-7-4-15-18(21-13-20-15)19(25)5-8-23(9-6-19)17(27)12-24-11-14(2)10-22-24/h10-11,13H,3-9,12H2,1-2H3,(H,20,21). The largest absolute Gasteiger partial charge is 0.348 e. The third kappa shape index (κ3) is 3.02. The third-order valence-electron chi connectivity index (χ3n) is 5.87. The average molecular weight is 370 g/mol. The summed E-state index contributed by atoms with van der Waals surface area (Å²) in [6.45, 7) is 6.08. The number of imidazole rings is 1. The van der Waals surface area contributed by atoms with Gasteiger partial charge < -0.3 is 14.8 Å². The molecular formula is C19H26N6O2. The highest BCUT2D eigenvalue weighted by Gasteiger charge is 2.48. The molecular weight excluding hydrogens is 344 g/mol. The molecule has 2 amide bonds. The Morgan fingerprint density at radius 3 is 2.67 bits per heavy atom. The Balaban J connectivity index is 1.52. The average Bonchev–Trinajstić information content (AvgIpc) is 3.31. The van der Waals surface area contributed by atoms with Crippen molar-refractivity contribution in [2.24, 2.45) is 0 Å². The summed E-state index contributed by atoms with van der Waals surface area (Å²) in [6, 6.07) is 0. The van der Waals surface area contributed by atoms with Crippen LogP contribution in [0.4, 0.5) is 0 Å². The lowest BCUT2D eigenvalue weighted by atomic mass is 9.78. The van der Waals surface area contributed by atoms with Crippen LogP contribution in [0.15, 0.2) is 18.7 Å². The summed E-state index contributed by atoms with van der Waals surface area (Å²) >= 11 is 0. The van der Waals surface area contributed by atoms with E-state index in [2.05, 4.69) is 15.1 Å². The lowest BCUT2D eigenvalue weighted by Crippen LogP contribution is -2.59. The molecule has 8 heteroatoms. The van der Waals surface area contributed by atoms with Gasteiger partial charge in [0.2, 0.25) is 11.8 Å². The molecule has 2 aliphatic rings. The van der Waals surface area contributed by atoms with Crippen molar-refractivity contribution in [3.8, 4) is 0 Å². The van der Waals surface area contributed by atoms with E-state index in [-0.39, 0.29) is 23.9 Å². The maximum absolute atomic E-state index is 12.7. The fourth-order valence-corrected chi connectivity index (χ4v) is 4.46. The number of piperidine rings is 1. The van der Waals surface area contributed by atoms with Gasteiger partial charge in [0.05, 0.1) is 23.8 Å². The second-order valence-corrected chi connectivity index (χ2v) is 7.51. The van der Waals surface area contributed by atoms with Gasteiger partial charge in [-0.15, -0.1) is 0 Å². The zero-order valence-corrected chi connectivity index (χ0v) is 15.9. The first kappa shape index (κ1) is 17.8. The molecule has 2 aliphatic heterocycles. The van der Waals surface area contributed by atoms with Crippen LogP contribution in [0.3, 0.4) is 0 Å². The molecule has 27 heavy (non-hydrogen) atoms. The molecule has 1 saturated heterocycles. The van der Waals surface area contributed by atoms with Gasteiger partial charge in [0, 0.05) is 44.4 Å². The van der Waals surface area contributed by atoms with Crippen LogP contribution in [0.5, 0.6) is 0 Å². The third-order valence-corrected chi connectivity index (χ3v) is 5.87. The van der Waals surface area contributed by atoms with E-state index in [0.717, 1.165) is 36.2 Å². The zero-order valence-electron chi connectivity index (χ0n) is 15.9. The first-order valence-electron chi connectivity index (χ1n) is 9.63. The quantitative estimate of drug-likeness (QED) is 0.880. The molecule has 0 aliphatic carbocycles. The molecule has 1 fully saturated rings. The summed E-state index contributed by atoms with van der Waals surface area (Å²) in [5, 5.41) is 4.21. The van der Waals surface area contributed by atoms with E-state index in [1.165, 1.54) is 0 Å². The molecule has 4 heterocycles. The van der Waals surface area contributed by atoms with Crippen molar-refractivity contribution in [1.82, 2.24) is 29.5 Å². The van der Waals surface area contributed by atoms with Crippen molar-refractivity contribution in [3.05, 3.63) is 35.7 Å². The Morgan fingerprint density at radius 1 is 1.22 bits per heavy atom. The summed E-state index contributed by atoms with van der Waals surface area (Å²) in [6.07, 6.45) is 8.10. The smallest absolute Gasteiger partial charge is 0.244 e. The van der Waals surface area contributed by atoms with Crippen LogP contribution >= 0.6 is 0 Å². The second-order valence-electron chi connectivity index (χ2n) is 7.51. The van der Waals surface area contributed by atoms with Crippen molar-refractivity contribution in [1.29, 1.82) is 0 Å². The molecule has 8 nitrogen and oxygen atoms in total. The van der Waals surface area contributed by atoms with Gasteiger partial charge >= 0.3 is 0 Å². The first-order valence-corrected chi connectivity index (χ1v) is 9.63. The van der Waals surface area contributed by atoms with E-state index in [4.69, 9.17) is 0 Å². The number of hydrogen-bond acceptors (Lipinski definition) is 4. The van der Waals surface area contributed by atoms with Gasteiger partial charge in [0.25, 0.3) is 0 Å². The number of aryl methyl sites for hydroxylation is 1. The predicted octanol–water partition coefficient (Wildman–Crippen LogP) is 1.23. The van der Waals surface area contributed by atoms with Crippen molar-refractivity contribution in [2.75, 3.05) is 19.6 Å². The molecule has 0 atom stereocenters. The van der Waals surface area contributed by atoms with E-state index in [1.807, 2.05) is 29.8 Å². The van der Waals surface area contributed by atoms with E-state index in [1.54, 1.807) is 17.2 Å². The number of H-pyrrole nitrogens is 1. The molecule has 2 aromatic rings. The fourth-order valence-electron chi connectivity index (χ4n) is 4.46. The Labute approximate surface area is 158 Å². The summed E-state index contributed by atoms with van der Waals surface area (Å²) in [4.78, 5) is 37.0. The summed E-state index contributed by atoms with van der Waals surface area (Å²) < 4.78 is 1.68. The Morgan fingerprint density at radius 2 is 2.00 bits per heavy atom. The molecule has 0 saturated carbocycles. The van der Waals surface area contributed by atoms with E-state index in [9.17, 15) is 9.59 Å². The topological polar surface area (TPSA) is 87.1 Å². The minimum atomic E-state index is -0.389. The molecule has 0 radical (unpaired) electrons. The maximum atomic E-state index is 12.7. The molecule has 1 spiro atoms. The normalized spacial score (nSPS) is 18.6. The fraction of sp³-hybridized carbons (Fsp3) is 0.579. The van der Waals surface area contributed by atoms with Crippen LogP contribution in [-0.2, 0) is 28.1 Å². The van der Waals surface area contributed by atoms with Crippen LogP contribution in [0.2, 0.25) is 0 Å². The zero-order chi connectivity index (χ0) is 19.0. The van der Waals surface area contributed by atoms with Crippen LogP contribution in [0.25, 0.3) is 0 Å². The molecule has 144 valence electrons. The van der Waals surface area contributed by atoms with Crippen molar-refractivity contribution in [3.63, 3.8) is 0 Å². The maximum Gasteiger partial charge on any atom is 0.244 e. The number of nitrogens with zero attached hydrogens (tertiary/aromatic N) is 5. The minimum absolute atomic E-state index is 0.0689. The van der Waals surface area contributed by atoms with E-state index >= 15 is 0 Å². The predicted molar refractivity (Wildman–Crippen MR) is 98.8 cm³/mol. The molecule has 1 N–H and O–H groups in total. The number of carbonyl (C=O) groups is 2. The highest BCUT2D eigenvalue weighted by atomic mass is 16.2. The van der Waals surface area contributed by atoms with Gasteiger partial charge in [-0.1, -0.05) is 6.92 Å². The van der Waals surface area contributed by atoms with Crippen LogP contribution in [-0.4, -0.2) is 61.0 Å². The van der Waals surface area contributed by atoms with E-state index in [0.29, 0.717) is 26.1 Å². The number of aromatic nitrogens is 4. The van der Waals surface area contributed by atoms with Crippen LogP contribution < -0.4 is 0 Å². The molecule has 0 aromatic carbocycles. The number of rotatable bonds is 3. The van der Waals surface area contributed by atoms with Gasteiger partial charge in [-0.2, -0.15) is 5.10 Å². The highest BCUT2D eigenvalue weighted by molar-refractivity contribution is 5.78. The number of aromatic amines is 1. The summed E-state index contributed by atoms with van der Waals surface area (Å²) in [7, 11) is 0. The first-order chi connectivity index (χ1) is 13.0.